The molecule has 0 saturated carbocycles. The minimum atomic E-state index is -1.24. The van der Waals surface area contributed by atoms with Gasteiger partial charge in [0.2, 0.25) is 17.7 Å². The Bertz CT molecular complexity index is 1010. The average molecular weight is 551 g/mol. The fourth-order valence-electron chi connectivity index (χ4n) is 3.72. The molecule has 0 aliphatic carbocycles. The van der Waals surface area contributed by atoms with E-state index in [4.69, 9.17) is 15.2 Å². The zero-order valence-corrected chi connectivity index (χ0v) is 23.6. The van der Waals surface area contributed by atoms with Crippen molar-refractivity contribution in [3.05, 3.63) is 29.8 Å². The van der Waals surface area contributed by atoms with Gasteiger partial charge in [-0.2, -0.15) is 0 Å². The maximum Gasteiger partial charge on any atom is 0.408 e. The number of nitrogens with zero attached hydrogens (tertiary/aromatic N) is 1. The third-order valence-electron chi connectivity index (χ3n) is 5.63. The van der Waals surface area contributed by atoms with Crippen molar-refractivity contribution >= 4 is 29.8 Å². The molecule has 4 amide bonds. The van der Waals surface area contributed by atoms with Crippen LogP contribution in [0.25, 0.3) is 0 Å². The fourth-order valence-corrected chi connectivity index (χ4v) is 3.72. The zero-order chi connectivity index (χ0) is 29.8. The Morgan fingerprint density at radius 2 is 1.77 bits per heavy atom. The number of hydrogen-bond acceptors (Lipinski definition) is 8. The number of phenolic OH excluding ortho intramolecular Hbond substituents is 1. The number of aromatic hydroxyl groups is 1. The van der Waals surface area contributed by atoms with Crippen LogP contribution < -0.4 is 16.4 Å². The van der Waals surface area contributed by atoms with Crippen molar-refractivity contribution in [2.24, 2.45) is 5.73 Å². The molecule has 0 aliphatic heterocycles. The highest BCUT2D eigenvalue weighted by Crippen LogP contribution is 2.28. The first-order valence-corrected chi connectivity index (χ1v) is 13.0. The minimum absolute atomic E-state index is 0.0449. The number of hydrogen-bond donors (Lipinski definition) is 4. The number of phenols is 1. The van der Waals surface area contributed by atoms with Crippen LogP contribution in [-0.2, 0) is 28.7 Å². The van der Waals surface area contributed by atoms with Crippen molar-refractivity contribution < 1.29 is 38.6 Å². The summed E-state index contributed by atoms with van der Waals surface area (Å²) in [5.74, 6) is -2.54. The minimum Gasteiger partial charge on any atom is -0.508 e. The lowest BCUT2D eigenvalue weighted by Crippen LogP contribution is -2.55. The van der Waals surface area contributed by atoms with Gasteiger partial charge < -0.3 is 35.8 Å². The van der Waals surface area contributed by atoms with Gasteiger partial charge in [0.15, 0.2) is 0 Å². The number of primary amides is 1. The van der Waals surface area contributed by atoms with Gasteiger partial charge in [0.25, 0.3) is 0 Å². The molecule has 0 aliphatic rings. The van der Waals surface area contributed by atoms with Crippen molar-refractivity contribution in [2.45, 2.75) is 91.0 Å². The largest absolute Gasteiger partial charge is 0.508 e. The van der Waals surface area contributed by atoms with Crippen LogP contribution in [0.4, 0.5) is 4.79 Å². The van der Waals surface area contributed by atoms with Gasteiger partial charge in [0.05, 0.1) is 13.0 Å². The van der Waals surface area contributed by atoms with Gasteiger partial charge in [0, 0.05) is 19.0 Å². The summed E-state index contributed by atoms with van der Waals surface area (Å²) in [6.07, 6.45) is -0.847. The number of ether oxygens (including phenoxy) is 2. The molecule has 3 atom stereocenters. The molecular weight excluding hydrogens is 508 g/mol. The van der Waals surface area contributed by atoms with Gasteiger partial charge in [-0.05, 0) is 65.2 Å². The smallest absolute Gasteiger partial charge is 0.408 e. The molecule has 218 valence electrons. The van der Waals surface area contributed by atoms with E-state index in [-0.39, 0.29) is 38.2 Å². The predicted molar refractivity (Wildman–Crippen MR) is 143 cm³/mol. The SMILES string of the molecule is CCOC(=O)CCNC(=O)C(c1cccc(O)c1)N(C(=O)C(CCC(N)=O)NC(=O)OC(C)(C)C)C(C)CC. The molecule has 3 unspecified atom stereocenters. The van der Waals surface area contributed by atoms with Crippen LogP contribution in [0.15, 0.2) is 24.3 Å². The van der Waals surface area contributed by atoms with Crippen molar-refractivity contribution in [3.63, 3.8) is 0 Å². The second-order valence-electron chi connectivity index (χ2n) is 10.1. The first-order chi connectivity index (χ1) is 18.2. The topological polar surface area (TPSA) is 177 Å². The Hall–Kier alpha value is -3.83. The van der Waals surface area contributed by atoms with Crippen LogP contribution >= 0.6 is 0 Å². The Morgan fingerprint density at radius 1 is 1.10 bits per heavy atom. The van der Waals surface area contributed by atoms with Crippen LogP contribution in [0.2, 0.25) is 0 Å². The van der Waals surface area contributed by atoms with Crippen LogP contribution in [0, 0.1) is 0 Å². The summed E-state index contributed by atoms with van der Waals surface area (Å²) in [6, 6.07) is 2.90. The highest BCUT2D eigenvalue weighted by Gasteiger charge is 2.38. The highest BCUT2D eigenvalue weighted by atomic mass is 16.6. The normalized spacial score (nSPS) is 13.4. The number of benzene rings is 1. The molecule has 0 aromatic heterocycles. The van der Waals surface area contributed by atoms with Crippen molar-refractivity contribution in [2.75, 3.05) is 13.2 Å². The molecule has 12 heteroatoms. The second-order valence-corrected chi connectivity index (χ2v) is 10.1. The van der Waals surface area contributed by atoms with E-state index >= 15 is 0 Å². The summed E-state index contributed by atoms with van der Waals surface area (Å²) in [5, 5.41) is 15.3. The van der Waals surface area contributed by atoms with Gasteiger partial charge >= 0.3 is 12.1 Å². The van der Waals surface area contributed by atoms with E-state index in [1.807, 2.05) is 6.92 Å². The number of carbonyl (C=O) groups excluding carboxylic acids is 5. The van der Waals surface area contributed by atoms with Gasteiger partial charge in [-0.3, -0.25) is 19.2 Å². The predicted octanol–water partition coefficient (Wildman–Crippen LogP) is 2.29. The Kier molecular flexibility index (Phi) is 13.2. The van der Waals surface area contributed by atoms with E-state index in [2.05, 4.69) is 10.6 Å². The summed E-state index contributed by atoms with van der Waals surface area (Å²) in [6.45, 7) is 10.4. The zero-order valence-electron chi connectivity index (χ0n) is 23.6. The van der Waals surface area contributed by atoms with Crippen molar-refractivity contribution in [1.82, 2.24) is 15.5 Å². The molecule has 5 N–H and O–H groups in total. The molecule has 0 radical (unpaired) electrons. The van der Waals surface area contributed by atoms with Crippen LogP contribution in [0.5, 0.6) is 5.75 Å². The second kappa shape index (κ2) is 15.6. The molecule has 0 fully saturated rings. The van der Waals surface area contributed by atoms with E-state index in [1.165, 1.54) is 23.1 Å². The molecular formula is C27H42N4O8. The number of alkyl carbamates (subject to hydrolysis) is 1. The molecule has 0 bridgehead atoms. The Balaban J connectivity index is 3.46. The van der Waals surface area contributed by atoms with E-state index in [9.17, 15) is 29.1 Å². The standard InChI is InChI=1S/C27H42N4O8/c1-7-17(3)31(25(36)20(12-13-21(28)33)30-26(37)39-27(4,5)6)23(18-10-9-11-19(32)16-18)24(35)29-15-14-22(34)38-8-2/h9-11,16-17,20,23,32H,7-8,12-15H2,1-6H3,(H2,28,33)(H,29,35)(H,30,37). The summed E-state index contributed by atoms with van der Waals surface area (Å²) >= 11 is 0. The number of nitrogens with two attached hydrogens (primary N) is 1. The maximum atomic E-state index is 14.0. The van der Waals surface area contributed by atoms with E-state index in [0.717, 1.165) is 0 Å². The number of carbonyl (C=O) groups is 5. The lowest BCUT2D eigenvalue weighted by atomic mass is 9.98. The number of rotatable bonds is 14. The van der Waals surface area contributed by atoms with Crippen molar-refractivity contribution in [1.29, 1.82) is 0 Å². The Labute approximate surface area is 229 Å². The van der Waals surface area contributed by atoms with Gasteiger partial charge in [0.1, 0.15) is 23.4 Å². The highest BCUT2D eigenvalue weighted by molar-refractivity contribution is 5.93. The maximum absolute atomic E-state index is 14.0. The van der Waals surface area contributed by atoms with E-state index in [0.29, 0.717) is 12.0 Å². The monoisotopic (exact) mass is 550 g/mol. The molecule has 1 rings (SSSR count). The van der Waals surface area contributed by atoms with Gasteiger partial charge in [-0.15, -0.1) is 0 Å². The molecule has 1 aromatic carbocycles. The van der Waals surface area contributed by atoms with Crippen LogP contribution in [0.3, 0.4) is 0 Å². The van der Waals surface area contributed by atoms with Gasteiger partial charge in [-0.1, -0.05) is 19.1 Å². The first kappa shape index (κ1) is 33.2. The third kappa shape index (κ3) is 11.6. The molecule has 0 spiro atoms. The first-order valence-electron chi connectivity index (χ1n) is 13.0. The van der Waals surface area contributed by atoms with Crippen LogP contribution in [0.1, 0.15) is 78.8 Å². The number of amides is 4. The summed E-state index contributed by atoms with van der Waals surface area (Å²) in [5.41, 5.74) is 4.78. The molecule has 0 saturated heterocycles. The van der Waals surface area contributed by atoms with Crippen LogP contribution in [-0.4, -0.2) is 70.6 Å². The average Bonchev–Trinajstić information content (AvgIpc) is 2.82. The number of esters is 1. The van der Waals surface area contributed by atoms with E-state index < -0.39 is 53.5 Å². The molecule has 0 heterocycles. The lowest BCUT2D eigenvalue weighted by molar-refractivity contribution is -0.146. The Morgan fingerprint density at radius 3 is 2.31 bits per heavy atom. The molecule has 12 nitrogen and oxygen atoms in total. The van der Waals surface area contributed by atoms with E-state index in [1.54, 1.807) is 40.7 Å². The summed E-state index contributed by atoms with van der Waals surface area (Å²) < 4.78 is 10.2. The summed E-state index contributed by atoms with van der Waals surface area (Å²) in [4.78, 5) is 64.7. The molecule has 39 heavy (non-hydrogen) atoms. The lowest BCUT2D eigenvalue weighted by Gasteiger charge is -2.38. The molecule has 1 aromatic rings. The third-order valence-corrected chi connectivity index (χ3v) is 5.63. The quantitative estimate of drug-likeness (QED) is 0.255. The summed E-state index contributed by atoms with van der Waals surface area (Å²) in [7, 11) is 0. The van der Waals surface area contributed by atoms with Crippen molar-refractivity contribution in [3.8, 4) is 5.75 Å². The number of nitrogens with one attached hydrogen (secondary N) is 2. The fraction of sp³-hybridized carbons (Fsp3) is 0.593. The van der Waals surface area contributed by atoms with Gasteiger partial charge in [-0.25, -0.2) is 4.79 Å².